The van der Waals surface area contributed by atoms with Crippen molar-refractivity contribution in [2.24, 2.45) is 5.92 Å². The number of nitrogens with one attached hydrogen (secondary N) is 1. The molecular weight excluding hydrogens is 202 g/mol. The van der Waals surface area contributed by atoms with Crippen LogP contribution < -0.4 is 5.32 Å². The van der Waals surface area contributed by atoms with E-state index in [1.807, 2.05) is 0 Å². The first kappa shape index (κ1) is 13.5. The highest BCUT2D eigenvalue weighted by Crippen LogP contribution is 2.12. The zero-order valence-electron chi connectivity index (χ0n) is 10.6. The number of carbonyl (C=O) groups excluding carboxylic acids is 1. The average Bonchev–Trinajstić information content (AvgIpc) is 2.27. The molecule has 1 heterocycles. The van der Waals surface area contributed by atoms with Crippen LogP contribution in [-0.2, 0) is 9.53 Å². The van der Waals surface area contributed by atoms with Crippen LogP contribution in [0.3, 0.4) is 0 Å². The first-order valence-electron chi connectivity index (χ1n) is 6.57. The SMILES string of the molecule is CC(C)CCOC(=O)CCC1CCCCN1. The molecule has 0 bridgehead atoms. The zero-order chi connectivity index (χ0) is 11.8. The lowest BCUT2D eigenvalue weighted by atomic mass is 10.0. The Balaban J connectivity index is 2.00. The predicted octanol–water partition coefficient (Wildman–Crippen LogP) is 2.50. The van der Waals surface area contributed by atoms with Gasteiger partial charge in [-0.05, 0) is 38.1 Å². The number of piperidine rings is 1. The zero-order valence-corrected chi connectivity index (χ0v) is 10.6. The van der Waals surface area contributed by atoms with Crippen LogP contribution >= 0.6 is 0 Å². The Morgan fingerprint density at radius 1 is 1.44 bits per heavy atom. The van der Waals surface area contributed by atoms with Crippen molar-refractivity contribution in [2.45, 2.75) is 58.4 Å². The molecule has 1 rings (SSSR count). The molecule has 16 heavy (non-hydrogen) atoms. The van der Waals surface area contributed by atoms with Crippen molar-refractivity contribution < 1.29 is 9.53 Å². The molecular formula is C13H25NO2. The van der Waals surface area contributed by atoms with Gasteiger partial charge in [-0.2, -0.15) is 0 Å². The minimum absolute atomic E-state index is 0.0342. The summed E-state index contributed by atoms with van der Waals surface area (Å²) in [7, 11) is 0. The van der Waals surface area contributed by atoms with Crippen LogP contribution in [0.5, 0.6) is 0 Å². The fourth-order valence-corrected chi connectivity index (χ4v) is 1.94. The van der Waals surface area contributed by atoms with E-state index < -0.39 is 0 Å². The Labute approximate surface area is 98.9 Å². The van der Waals surface area contributed by atoms with E-state index in [0.29, 0.717) is 25.0 Å². The third-order valence-electron chi connectivity index (χ3n) is 3.07. The van der Waals surface area contributed by atoms with Gasteiger partial charge in [0.1, 0.15) is 0 Å². The number of hydrogen-bond acceptors (Lipinski definition) is 3. The van der Waals surface area contributed by atoms with E-state index in [1.165, 1.54) is 19.3 Å². The van der Waals surface area contributed by atoms with Gasteiger partial charge in [-0.3, -0.25) is 4.79 Å². The van der Waals surface area contributed by atoms with E-state index in [9.17, 15) is 4.79 Å². The van der Waals surface area contributed by atoms with E-state index in [2.05, 4.69) is 19.2 Å². The van der Waals surface area contributed by atoms with Gasteiger partial charge in [0, 0.05) is 12.5 Å². The van der Waals surface area contributed by atoms with Gasteiger partial charge in [0.05, 0.1) is 6.61 Å². The van der Waals surface area contributed by atoms with E-state index in [4.69, 9.17) is 4.74 Å². The van der Waals surface area contributed by atoms with Gasteiger partial charge in [0.25, 0.3) is 0 Å². The largest absolute Gasteiger partial charge is 0.466 e. The normalized spacial score (nSPS) is 21.1. The van der Waals surface area contributed by atoms with Crippen molar-refractivity contribution in [3.63, 3.8) is 0 Å². The lowest BCUT2D eigenvalue weighted by molar-refractivity contribution is -0.144. The van der Waals surface area contributed by atoms with E-state index in [1.54, 1.807) is 0 Å². The van der Waals surface area contributed by atoms with Gasteiger partial charge in [0.2, 0.25) is 0 Å². The van der Waals surface area contributed by atoms with Crippen LogP contribution in [0, 0.1) is 5.92 Å². The summed E-state index contributed by atoms with van der Waals surface area (Å²) in [6.45, 7) is 5.96. The van der Waals surface area contributed by atoms with Gasteiger partial charge in [0.15, 0.2) is 0 Å². The third-order valence-corrected chi connectivity index (χ3v) is 3.07. The maximum Gasteiger partial charge on any atom is 0.305 e. The molecule has 0 aliphatic carbocycles. The fourth-order valence-electron chi connectivity index (χ4n) is 1.94. The number of hydrogen-bond donors (Lipinski definition) is 1. The van der Waals surface area contributed by atoms with Gasteiger partial charge < -0.3 is 10.1 Å². The Morgan fingerprint density at radius 3 is 2.88 bits per heavy atom. The third kappa shape index (κ3) is 6.11. The Kier molecular flexibility index (Phi) is 6.46. The second-order valence-electron chi connectivity index (χ2n) is 5.09. The molecule has 3 heteroatoms. The lowest BCUT2D eigenvalue weighted by Crippen LogP contribution is -2.34. The molecule has 1 aliphatic heterocycles. The summed E-state index contributed by atoms with van der Waals surface area (Å²) in [4.78, 5) is 11.4. The van der Waals surface area contributed by atoms with Gasteiger partial charge >= 0.3 is 5.97 Å². The highest BCUT2D eigenvalue weighted by Gasteiger charge is 2.14. The first-order valence-corrected chi connectivity index (χ1v) is 6.57. The molecule has 0 radical (unpaired) electrons. The molecule has 0 aromatic heterocycles. The number of ether oxygens (including phenoxy) is 1. The average molecular weight is 227 g/mol. The summed E-state index contributed by atoms with van der Waals surface area (Å²) in [5.74, 6) is 0.570. The highest BCUT2D eigenvalue weighted by atomic mass is 16.5. The summed E-state index contributed by atoms with van der Waals surface area (Å²) in [6.07, 6.45) is 6.23. The Bertz CT molecular complexity index is 198. The van der Waals surface area contributed by atoms with Crippen molar-refractivity contribution in [1.82, 2.24) is 5.32 Å². The fraction of sp³-hybridized carbons (Fsp3) is 0.923. The van der Waals surface area contributed by atoms with Gasteiger partial charge in [-0.1, -0.05) is 20.3 Å². The molecule has 1 atom stereocenters. The summed E-state index contributed by atoms with van der Waals surface area (Å²) >= 11 is 0. The monoisotopic (exact) mass is 227 g/mol. The van der Waals surface area contributed by atoms with E-state index in [0.717, 1.165) is 19.4 Å². The number of carbonyl (C=O) groups is 1. The van der Waals surface area contributed by atoms with Crippen molar-refractivity contribution in [2.75, 3.05) is 13.2 Å². The number of esters is 1. The van der Waals surface area contributed by atoms with E-state index in [-0.39, 0.29) is 5.97 Å². The van der Waals surface area contributed by atoms with Crippen molar-refractivity contribution >= 4 is 5.97 Å². The second kappa shape index (κ2) is 7.66. The number of rotatable bonds is 6. The van der Waals surface area contributed by atoms with Crippen LogP contribution in [0.1, 0.15) is 52.4 Å². The molecule has 1 fully saturated rings. The minimum Gasteiger partial charge on any atom is -0.466 e. The van der Waals surface area contributed by atoms with Crippen LogP contribution in [0.4, 0.5) is 0 Å². The molecule has 0 aromatic carbocycles. The molecule has 0 amide bonds. The maximum atomic E-state index is 11.4. The van der Waals surface area contributed by atoms with Crippen LogP contribution in [0.25, 0.3) is 0 Å². The molecule has 0 saturated carbocycles. The van der Waals surface area contributed by atoms with Crippen molar-refractivity contribution in [3.8, 4) is 0 Å². The van der Waals surface area contributed by atoms with Crippen LogP contribution in [0.2, 0.25) is 0 Å². The standard InChI is InChI=1S/C13H25NO2/c1-11(2)8-10-16-13(15)7-6-12-5-3-4-9-14-12/h11-12,14H,3-10H2,1-2H3. The first-order chi connectivity index (χ1) is 7.68. The molecule has 0 spiro atoms. The molecule has 0 aromatic rings. The Hall–Kier alpha value is -0.570. The summed E-state index contributed by atoms with van der Waals surface area (Å²) in [6, 6.07) is 0.534. The van der Waals surface area contributed by atoms with E-state index >= 15 is 0 Å². The summed E-state index contributed by atoms with van der Waals surface area (Å²) in [5, 5.41) is 3.44. The highest BCUT2D eigenvalue weighted by molar-refractivity contribution is 5.69. The molecule has 3 nitrogen and oxygen atoms in total. The van der Waals surface area contributed by atoms with Crippen LogP contribution in [0.15, 0.2) is 0 Å². The van der Waals surface area contributed by atoms with Crippen LogP contribution in [-0.4, -0.2) is 25.2 Å². The smallest absolute Gasteiger partial charge is 0.305 e. The quantitative estimate of drug-likeness (QED) is 0.709. The van der Waals surface area contributed by atoms with Gasteiger partial charge in [-0.15, -0.1) is 0 Å². The van der Waals surface area contributed by atoms with Gasteiger partial charge in [-0.25, -0.2) is 0 Å². The maximum absolute atomic E-state index is 11.4. The molecule has 1 saturated heterocycles. The molecule has 94 valence electrons. The van der Waals surface area contributed by atoms with Crippen molar-refractivity contribution in [1.29, 1.82) is 0 Å². The molecule has 1 N–H and O–H groups in total. The summed E-state index contributed by atoms with van der Waals surface area (Å²) < 4.78 is 5.18. The molecule has 1 unspecified atom stereocenters. The molecule has 1 aliphatic rings. The lowest BCUT2D eigenvalue weighted by Gasteiger charge is -2.22. The summed E-state index contributed by atoms with van der Waals surface area (Å²) in [5.41, 5.74) is 0. The second-order valence-corrected chi connectivity index (χ2v) is 5.09. The topological polar surface area (TPSA) is 38.3 Å². The minimum atomic E-state index is -0.0342. The Morgan fingerprint density at radius 2 is 2.25 bits per heavy atom. The van der Waals surface area contributed by atoms with Crippen molar-refractivity contribution in [3.05, 3.63) is 0 Å². The predicted molar refractivity (Wildman–Crippen MR) is 65.3 cm³/mol.